The van der Waals surface area contributed by atoms with Crippen LogP contribution in [0.3, 0.4) is 0 Å². The molecule has 1 N–H and O–H groups in total. The number of carbonyl (C=O) groups excluding carboxylic acids is 2. The van der Waals surface area contributed by atoms with E-state index in [0.717, 1.165) is 17.5 Å². The van der Waals surface area contributed by atoms with Crippen LogP contribution in [0.5, 0.6) is 0 Å². The lowest BCUT2D eigenvalue weighted by atomic mass is 10.00. The van der Waals surface area contributed by atoms with Gasteiger partial charge in [0.25, 0.3) is 5.91 Å². The Morgan fingerprint density at radius 1 is 1.11 bits per heavy atom. The maximum absolute atomic E-state index is 13.7. The Morgan fingerprint density at radius 2 is 1.81 bits per heavy atom. The van der Waals surface area contributed by atoms with Crippen LogP contribution in [0.2, 0.25) is 0 Å². The minimum atomic E-state index is -0.540. The van der Waals surface area contributed by atoms with E-state index in [4.69, 9.17) is 4.42 Å². The first-order chi connectivity index (χ1) is 17.4. The van der Waals surface area contributed by atoms with E-state index in [2.05, 4.69) is 38.2 Å². The van der Waals surface area contributed by atoms with Crippen LogP contribution < -0.4 is 10.2 Å². The molecule has 1 fully saturated rings. The number of furan rings is 1. The van der Waals surface area contributed by atoms with Crippen molar-refractivity contribution in [1.82, 2.24) is 5.32 Å². The number of nitrogens with zero attached hydrogens (tertiary/aromatic N) is 2. The first-order valence-corrected chi connectivity index (χ1v) is 12.9. The molecule has 36 heavy (non-hydrogen) atoms. The van der Waals surface area contributed by atoms with Gasteiger partial charge in [-0.3, -0.25) is 14.5 Å². The Labute approximate surface area is 216 Å². The molecule has 3 aromatic rings. The van der Waals surface area contributed by atoms with Crippen molar-refractivity contribution in [3.05, 3.63) is 100.0 Å². The zero-order chi connectivity index (χ0) is 25.7. The summed E-state index contributed by atoms with van der Waals surface area (Å²) in [6, 6.07) is 21.5. The normalized spacial score (nSPS) is 16.8. The van der Waals surface area contributed by atoms with Crippen molar-refractivity contribution in [3.8, 4) is 6.07 Å². The van der Waals surface area contributed by atoms with E-state index in [1.54, 1.807) is 12.1 Å². The largest absolute Gasteiger partial charge is 0.467 e. The summed E-state index contributed by atoms with van der Waals surface area (Å²) in [5.41, 5.74) is 3.97. The highest BCUT2D eigenvalue weighted by Gasteiger charge is 2.40. The summed E-state index contributed by atoms with van der Waals surface area (Å²) in [5.74, 6) is 0.325. The monoisotopic (exact) mass is 499 g/mol. The van der Waals surface area contributed by atoms with Gasteiger partial charge in [0, 0.05) is 5.69 Å². The third-order valence-corrected chi connectivity index (χ3v) is 7.44. The molecule has 1 aliphatic rings. The highest BCUT2D eigenvalue weighted by molar-refractivity contribution is 8.05. The third-order valence-electron chi connectivity index (χ3n) is 6.18. The quantitative estimate of drug-likeness (QED) is 0.317. The van der Waals surface area contributed by atoms with Crippen LogP contribution in [0.15, 0.2) is 81.9 Å². The van der Waals surface area contributed by atoms with Crippen molar-refractivity contribution in [2.24, 2.45) is 0 Å². The van der Waals surface area contributed by atoms with E-state index in [0.29, 0.717) is 28.8 Å². The smallest absolute Gasteiger partial charge is 0.265 e. The number of rotatable bonds is 8. The second-order valence-corrected chi connectivity index (χ2v) is 10.1. The van der Waals surface area contributed by atoms with Gasteiger partial charge in [0.1, 0.15) is 22.4 Å². The Balaban J connectivity index is 1.65. The number of hydrogen-bond donors (Lipinski definition) is 1. The van der Waals surface area contributed by atoms with Crippen molar-refractivity contribution >= 4 is 29.3 Å². The summed E-state index contributed by atoms with van der Waals surface area (Å²) >= 11 is 1.27. The molecule has 1 saturated heterocycles. The fourth-order valence-corrected chi connectivity index (χ4v) is 5.33. The predicted molar refractivity (Wildman–Crippen MR) is 142 cm³/mol. The van der Waals surface area contributed by atoms with Crippen molar-refractivity contribution in [3.63, 3.8) is 0 Å². The lowest BCUT2D eigenvalue weighted by molar-refractivity contribution is -0.117. The van der Waals surface area contributed by atoms with Crippen LogP contribution in [0.4, 0.5) is 5.69 Å². The lowest BCUT2D eigenvalue weighted by Crippen LogP contribution is -2.32. The molecular weight excluding hydrogens is 470 g/mol. The summed E-state index contributed by atoms with van der Waals surface area (Å²) < 4.78 is 5.28. The van der Waals surface area contributed by atoms with Gasteiger partial charge in [0.2, 0.25) is 5.91 Å². The van der Waals surface area contributed by atoms with Gasteiger partial charge in [-0.1, -0.05) is 68.9 Å². The van der Waals surface area contributed by atoms with E-state index in [9.17, 15) is 14.9 Å². The topological polar surface area (TPSA) is 86.3 Å². The molecule has 2 heterocycles. The molecular formula is C29H29N3O3S. The Kier molecular flexibility index (Phi) is 7.97. The molecule has 1 atom stereocenters. The number of carbonyl (C=O) groups is 2. The minimum Gasteiger partial charge on any atom is -0.467 e. The molecule has 0 spiro atoms. The Bertz CT molecular complexity index is 1290. The highest BCUT2D eigenvalue weighted by atomic mass is 32.2. The molecule has 1 aliphatic heterocycles. The SMILES string of the molecule is CCc1ccc(N2C(=O)C(Cc3ccc(C(C)C)cc3)S/C2=C(/C#N)C(=O)NCc2ccco2)cc1. The highest BCUT2D eigenvalue weighted by Crippen LogP contribution is 2.42. The van der Waals surface area contributed by atoms with Crippen LogP contribution >= 0.6 is 11.8 Å². The summed E-state index contributed by atoms with van der Waals surface area (Å²) in [5, 5.41) is 12.6. The zero-order valence-electron chi connectivity index (χ0n) is 20.7. The zero-order valence-corrected chi connectivity index (χ0v) is 21.5. The molecule has 184 valence electrons. The molecule has 2 amide bonds. The van der Waals surface area contributed by atoms with Gasteiger partial charge >= 0.3 is 0 Å². The fourth-order valence-electron chi connectivity index (χ4n) is 4.02. The van der Waals surface area contributed by atoms with Crippen LogP contribution in [-0.2, 0) is 29.0 Å². The Hall–Kier alpha value is -3.76. The summed E-state index contributed by atoms with van der Waals surface area (Å²) in [6.45, 7) is 6.50. The number of anilines is 1. The lowest BCUT2D eigenvalue weighted by Gasteiger charge is -2.19. The number of aryl methyl sites for hydroxylation is 1. The van der Waals surface area contributed by atoms with Gasteiger partial charge in [-0.15, -0.1) is 0 Å². The number of hydrogen-bond acceptors (Lipinski definition) is 5. The van der Waals surface area contributed by atoms with Crippen LogP contribution in [-0.4, -0.2) is 17.1 Å². The Morgan fingerprint density at radius 3 is 2.39 bits per heavy atom. The second kappa shape index (κ2) is 11.3. The molecule has 2 aromatic carbocycles. The fraction of sp³-hybridized carbons (Fsp3) is 0.276. The van der Waals surface area contributed by atoms with E-state index in [1.807, 2.05) is 42.5 Å². The van der Waals surface area contributed by atoms with E-state index in [1.165, 1.54) is 28.5 Å². The van der Waals surface area contributed by atoms with Crippen LogP contribution in [0, 0.1) is 11.3 Å². The molecule has 7 heteroatoms. The van der Waals surface area contributed by atoms with Crippen molar-refractivity contribution in [2.75, 3.05) is 4.90 Å². The van der Waals surface area contributed by atoms with E-state index < -0.39 is 11.2 Å². The minimum absolute atomic E-state index is 0.0860. The number of thioether (sulfide) groups is 1. The molecule has 0 saturated carbocycles. The predicted octanol–water partition coefficient (Wildman–Crippen LogP) is 5.71. The number of benzene rings is 2. The third kappa shape index (κ3) is 5.55. The van der Waals surface area contributed by atoms with Gasteiger partial charge in [-0.05, 0) is 59.7 Å². The molecule has 6 nitrogen and oxygen atoms in total. The van der Waals surface area contributed by atoms with Gasteiger partial charge < -0.3 is 9.73 Å². The van der Waals surface area contributed by atoms with Gasteiger partial charge in [0.15, 0.2) is 0 Å². The average molecular weight is 500 g/mol. The molecule has 0 aliphatic carbocycles. The van der Waals surface area contributed by atoms with E-state index >= 15 is 0 Å². The summed E-state index contributed by atoms with van der Waals surface area (Å²) in [7, 11) is 0. The molecule has 0 bridgehead atoms. The van der Waals surface area contributed by atoms with E-state index in [-0.39, 0.29) is 18.0 Å². The molecule has 0 radical (unpaired) electrons. The summed E-state index contributed by atoms with van der Waals surface area (Å²) in [4.78, 5) is 28.2. The molecule has 1 unspecified atom stereocenters. The number of amides is 2. The maximum Gasteiger partial charge on any atom is 0.265 e. The standard InChI is InChI=1S/C29H29N3O3S/c1-4-20-9-13-23(14-10-20)32-28(34)26(16-21-7-11-22(12-8-21)19(2)3)36-29(32)25(17-30)27(33)31-18-24-6-5-15-35-24/h5-15,19,26H,4,16,18H2,1-3H3,(H,31,33)/b29-25-. The van der Waals surface area contributed by atoms with Crippen LogP contribution in [0.1, 0.15) is 49.1 Å². The van der Waals surface area contributed by atoms with Gasteiger partial charge in [-0.2, -0.15) is 5.26 Å². The average Bonchev–Trinajstić information content (AvgIpc) is 3.52. The molecule has 4 rings (SSSR count). The van der Waals surface area contributed by atoms with Gasteiger partial charge in [-0.25, -0.2) is 0 Å². The number of nitriles is 1. The van der Waals surface area contributed by atoms with Gasteiger partial charge in [0.05, 0.1) is 18.1 Å². The van der Waals surface area contributed by atoms with Crippen molar-refractivity contribution in [2.45, 2.75) is 51.3 Å². The number of nitrogens with one attached hydrogen (secondary N) is 1. The first-order valence-electron chi connectivity index (χ1n) is 12.0. The molecule has 1 aromatic heterocycles. The van der Waals surface area contributed by atoms with Crippen LogP contribution in [0.25, 0.3) is 0 Å². The van der Waals surface area contributed by atoms with Crippen molar-refractivity contribution in [1.29, 1.82) is 5.26 Å². The second-order valence-electron chi connectivity index (χ2n) is 8.95. The van der Waals surface area contributed by atoms with Crippen molar-refractivity contribution < 1.29 is 14.0 Å². The first kappa shape index (κ1) is 25.3. The maximum atomic E-state index is 13.7. The summed E-state index contributed by atoms with van der Waals surface area (Å²) in [6.07, 6.45) is 2.90.